The van der Waals surface area contributed by atoms with Crippen molar-refractivity contribution in [2.75, 3.05) is 5.32 Å². The summed E-state index contributed by atoms with van der Waals surface area (Å²) in [4.78, 5) is 17.0. The molecule has 6 heteroatoms. The van der Waals surface area contributed by atoms with Gasteiger partial charge in [-0.3, -0.25) is 9.20 Å². The zero-order valence-corrected chi connectivity index (χ0v) is 11.7. The van der Waals surface area contributed by atoms with E-state index < -0.39 is 6.04 Å². The van der Waals surface area contributed by atoms with Gasteiger partial charge < -0.3 is 11.1 Å². The summed E-state index contributed by atoms with van der Waals surface area (Å²) in [5.74, 6) is -0.194. The summed E-state index contributed by atoms with van der Waals surface area (Å²) in [5, 5.41) is 4.75. The largest absolute Gasteiger partial charge is 0.325 e. The zero-order valence-electron chi connectivity index (χ0n) is 10.9. The van der Waals surface area contributed by atoms with Crippen LogP contribution in [0.15, 0.2) is 42.0 Å². The molecule has 0 radical (unpaired) electrons. The first-order valence-corrected chi connectivity index (χ1v) is 7.10. The third-order valence-electron chi connectivity index (χ3n) is 2.96. The van der Waals surface area contributed by atoms with Gasteiger partial charge in [-0.25, -0.2) is 4.98 Å². The Balaban J connectivity index is 1.82. The topological polar surface area (TPSA) is 72.4 Å². The second kappa shape index (κ2) is 5.07. The van der Waals surface area contributed by atoms with Gasteiger partial charge in [0, 0.05) is 29.0 Å². The van der Waals surface area contributed by atoms with E-state index in [0.29, 0.717) is 0 Å². The molecule has 0 aliphatic carbocycles. The molecule has 0 bridgehead atoms. The number of aromatic nitrogens is 2. The number of rotatable bonds is 3. The summed E-state index contributed by atoms with van der Waals surface area (Å²) in [6, 6.07) is 7.05. The minimum Gasteiger partial charge on any atom is -0.325 e. The van der Waals surface area contributed by atoms with Gasteiger partial charge in [0.05, 0.1) is 11.7 Å². The Kier molecular flexibility index (Phi) is 3.25. The van der Waals surface area contributed by atoms with E-state index >= 15 is 0 Å². The van der Waals surface area contributed by atoms with Crippen molar-refractivity contribution in [2.24, 2.45) is 5.73 Å². The fourth-order valence-electron chi connectivity index (χ4n) is 1.85. The third-order valence-corrected chi connectivity index (χ3v) is 3.73. The molecule has 0 aliphatic heterocycles. The molecule has 0 aliphatic rings. The van der Waals surface area contributed by atoms with Crippen molar-refractivity contribution < 1.29 is 4.79 Å². The number of imidazole rings is 1. The van der Waals surface area contributed by atoms with E-state index in [1.54, 1.807) is 18.3 Å². The molecule has 3 N–H and O–H groups in total. The minimum absolute atomic E-state index is 0.194. The van der Waals surface area contributed by atoms with Gasteiger partial charge in [-0.2, -0.15) is 0 Å². The molecule has 0 fully saturated rings. The molecule has 5 nitrogen and oxygen atoms in total. The third kappa shape index (κ3) is 2.43. The van der Waals surface area contributed by atoms with Crippen LogP contribution in [0.3, 0.4) is 0 Å². The first-order valence-electron chi connectivity index (χ1n) is 6.22. The minimum atomic E-state index is -0.519. The Hall–Kier alpha value is -2.18. The lowest BCUT2D eigenvalue weighted by Gasteiger charge is -2.07. The van der Waals surface area contributed by atoms with E-state index in [4.69, 9.17) is 5.73 Å². The molecule has 20 heavy (non-hydrogen) atoms. The summed E-state index contributed by atoms with van der Waals surface area (Å²) in [7, 11) is 0. The standard InChI is InChI=1S/C14H14N4OS/c1-9(15)13(19)16-11-4-2-10(3-5-11)12-8-18-6-7-20-14(18)17-12/h2-9H,15H2,1H3,(H,16,19)/t9-/m1/s1. The summed E-state index contributed by atoms with van der Waals surface area (Å²) in [6.07, 6.45) is 3.97. The van der Waals surface area contributed by atoms with Gasteiger partial charge in [0.2, 0.25) is 5.91 Å². The molecular weight excluding hydrogens is 272 g/mol. The highest BCUT2D eigenvalue weighted by Gasteiger charge is 2.08. The number of fused-ring (bicyclic) bond motifs is 1. The number of amides is 1. The van der Waals surface area contributed by atoms with Crippen molar-refractivity contribution in [1.82, 2.24) is 9.38 Å². The maximum Gasteiger partial charge on any atom is 0.240 e. The van der Waals surface area contributed by atoms with Gasteiger partial charge in [-0.15, -0.1) is 11.3 Å². The van der Waals surface area contributed by atoms with E-state index in [1.807, 2.05) is 46.4 Å². The highest BCUT2D eigenvalue weighted by molar-refractivity contribution is 7.15. The number of carbonyl (C=O) groups is 1. The second-order valence-electron chi connectivity index (χ2n) is 4.57. The molecule has 0 unspecified atom stereocenters. The number of benzene rings is 1. The van der Waals surface area contributed by atoms with Crippen molar-refractivity contribution in [1.29, 1.82) is 0 Å². The molecule has 0 saturated heterocycles. The van der Waals surface area contributed by atoms with Crippen LogP contribution in [0.4, 0.5) is 5.69 Å². The Morgan fingerprint density at radius 3 is 2.80 bits per heavy atom. The maximum absolute atomic E-state index is 11.5. The zero-order chi connectivity index (χ0) is 14.1. The molecule has 1 aromatic carbocycles. The summed E-state index contributed by atoms with van der Waals surface area (Å²) < 4.78 is 1.99. The van der Waals surface area contributed by atoms with Gasteiger partial charge in [0.15, 0.2) is 4.96 Å². The lowest BCUT2D eigenvalue weighted by Crippen LogP contribution is -2.32. The first kappa shape index (κ1) is 12.8. The van der Waals surface area contributed by atoms with E-state index in [2.05, 4.69) is 10.3 Å². The number of nitrogens with zero attached hydrogens (tertiary/aromatic N) is 2. The number of thiazole rings is 1. The van der Waals surface area contributed by atoms with Gasteiger partial charge in [-0.05, 0) is 19.1 Å². The van der Waals surface area contributed by atoms with Crippen LogP contribution in [0, 0.1) is 0 Å². The number of nitrogens with one attached hydrogen (secondary N) is 1. The van der Waals surface area contributed by atoms with Crippen molar-refractivity contribution in [2.45, 2.75) is 13.0 Å². The van der Waals surface area contributed by atoms with E-state index in [1.165, 1.54) is 0 Å². The SMILES string of the molecule is C[C@@H](N)C(=O)Nc1ccc(-c2cn3ccsc3n2)cc1. The number of hydrogen-bond donors (Lipinski definition) is 2. The molecule has 2 aromatic heterocycles. The number of carbonyl (C=O) groups excluding carboxylic acids is 1. The van der Waals surface area contributed by atoms with Crippen LogP contribution in [-0.2, 0) is 4.79 Å². The van der Waals surface area contributed by atoms with Crippen molar-refractivity contribution in [3.8, 4) is 11.3 Å². The van der Waals surface area contributed by atoms with Crippen LogP contribution in [0.2, 0.25) is 0 Å². The molecule has 0 spiro atoms. The molecule has 3 rings (SSSR count). The first-order chi connectivity index (χ1) is 9.63. The monoisotopic (exact) mass is 286 g/mol. The maximum atomic E-state index is 11.5. The lowest BCUT2D eigenvalue weighted by molar-refractivity contribution is -0.117. The highest BCUT2D eigenvalue weighted by atomic mass is 32.1. The van der Waals surface area contributed by atoms with Crippen molar-refractivity contribution in [3.05, 3.63) is 42.0 Å². The second-order valence-corrected chi connectivity index (χ2v) is 5.45. The summed E-state index contributed by atoms with van der Waals surface area (Å²) >= 11 is 1.60. The fourth-order valence-corrected chi connectivity index (χ4v) is 2.55. The molecule has 102 valence electrons. The number of anilines is 1. The summed E-state index contributed by atoms with van der Waals surface area (Å²) in [5.41, 5.74) is 8.18. The predicted molar refractivity (Wildman–Crippen MR) is 80.8 cm³/mol. The Bertz CT molecular complexity index is 713. The Morgan fingerprint density at radius 2 is 2.15 bits per heavy atom. The van der Waals surface area contributed by atoms with Gasteiger partial charge in [0.25, 0.3) is 0 Å². The molecule has 1 atom stereocenters. The smallest absolute Gasteiger partial charge is 0.240 e. The van der Waals surface area contributed by atoms with Gasteiger partial charge >= 0.3 is 0 Å². The highest BCUT2D eigenvalue weighted by Crippen LogP contribution is 2.23. The molecule has 2 heterocycles. The van der Waals surface area contributed by atoms with Crippen LogP contribution in [0.5, 0.6) is 0 Å². The quantitative estimate of drug-likeness (QED) is 0.776. The summed E-state index contributed by atoms with van der Waals surface area (Å²) in [6.45, 7) is 1.65. The van der Waals surface area contributed by atoms with E-state index in [-0.39, 0.29) is 5.91 Å². The molecule has 1 amide bonds. The molecule has 3 aromatic rings. The van der Waals surface area contributed by atoms with Crippen LogP contribution < -0.4 is 11.1 Å². The Morgan fingerprint density at radius 1 is 1.40 bits per heavy atom. The average molecular weight is 286 g/mol. The normalized spacial score (nSPS) is 12.5. The van der Waals surface area contributed by atoms with Crippen LogP contribution >= 0.6 is 11.3 Å². The van der Waals surface area contributed by atoms with E-state index in [0.717, 1.165) is 21.9 Å². The van der Waals surface area contributed by atoms with Crippen molar-refractivity contribution in [3.63, 3.8) is 0 Å². The average Bonchev–Trinajstić information content (AvgIpc) is 3.00. The van der Waals surface area contributed by atoms with Crippen LogP contribution in [0.1, 0.15) is 6.92 Å². The molecule has 0 saturated carbocycles. The van der Waals surface area contributed by atoms with Crippen molar-refractivity contribution >= 4 is 27.9 Å². The van der Waals surface area contributed by atoms with Gasteiger partial charge in [-0.1, -0.05) is 12.1 Å². The van der Waals surface area contributed by atoms with E-state index in [9.17, 15) is 4.79 Å². The van der Waals surface area contributed by atoms with Gasteiger partial charge in [0.1, 0.15) is 0 Å². The number of hydrogen-bond acceptors (Lipinski definition) is 4. The fraction of sp³-hybridized carbons (Fsp3) is 0.143. The van der Waals surface area contributed by atoms with Crippen LogP contribution in [0.25, 0.3) is 16.2 Å². The Labute approximate surface area is 120 Å². The predicted octanol–water partition coefficient (Wildman–Crippen LogP) is 2.35. The molecular formula is C14H14N4OS. The number of nitrogens with two attached hydrogens (primary N) is 1. The van der Waals surface area contributed by atoms with Crippen LogP contribution in [-0.4, -0.2) is 21.3 Å². The lowest BCUT2D eigenvalue weighted by atomic mass is 10.1.